The van der Waals surface area contributed by atoms with Crippen molar-refractivity contribution in [1.82, 2.24) is 9.78 Å². The van der Waals surface area contributed by atoms with Gasteiger partial charge in [0.15, 0.2) is 5.69 Å². The Morgan fingerprint density at radius 1 is 1.27 bits per heavy atom. The van der Waals surface area contributed by atoms with Gasteiger partial charge in [0.1, 0.15) is 0 Å². The Kier molecular flexibility index (Phi) is 4.25. The van der Waals surface area contributed by atoms with Crippen molar-refractivity contribution >= 4 is 11.6 Å². The summed E-state index contributed by atoms with van der Waals surface area (Å²) in [6.07, 6.45) is -3.28. The van der Waals surface area contributed by atoms with Crippen molar-refractivity contribution in [2.75, 3.05) is 5.32 Å². The van der Waals surface area contributed by atoms with Gasteiger partial charge in [-0.2, -0.15) is 18.3 Å². The van der Waals surface area contributed by atoms with Crippen LogP contribution in [0.25, 0.3) is 5.69 Å². The molecule has 22 heavy (non-hydrogen) atoms. The second-order valence-corrected chi connectivity index (χ2v) is 5.31. The number of rotatable bonds is 3. The lowest BCUT2D eigenvalue weighted by molar-refractivity contribution is -0.141. The average Bonchev–Trinajstić information content (AvgIpc) is 2.90. The third kappa shape index (κ3) is 3.47. The molecule has 0 unspecified atom stereocenters. The summed E-state index contributed by atoms with van der Waals surface area (Å²) in [5, 5.41) is 6.25. The summed E-state index contributed by atoms with van der Waals surface area (Å²) >= 11 is 0. The molecule has 0 radical (unpaired) electrons. The van der Waals surface area contributed by atoms with E-state index in [0.29, 0.717) is 11.4 Å². The van der Waals surface area contributed by atoms with Crippen LogP contribution >= 0.6 is 0 Å². The van der Waals surface area contributed by atoms with Crippen molar-refractivity contribution in [2.24, 2.45) is 5.92 Å². The minimum Gasteiger partial charge on any atom is -0.324 e. The lowest BCUT2D eigenvalue weighted by Crippen LogP contribution is -2.19. The first kappa shape index (κ1) is 16.1. The van der Waals surface area contributed by atoms with E-state index < -0.39 is 11.9 Å². The highest BCUT2D eigenvalue weighted by Crippen LogP contribution is 2.29. The van der Waals surface area contributed by atoms with E-state index >= 15 is 0 Å². The SMILES string of the molecule is Cc1ccc(NC(=O)C(C)C)c(-n2ccc(C(F)(F)F)n2)c1. The topological polar surface area (TPSA) is 46.9 Å². The molecule has 0 saturated carbocycles. The number of anilines is 1. The Morgan fingerprint density at radius 2 is 1.95 bits per heavy atom. The lowest BCUT2D eigenvalue weighted by Gasteiger charge is -2.13. The van der Waals surface area contributed by atoms with Gasteiger partial charge < -0.3 is 5.32 Å². The van der Waals surface area contributed by atoms with Crippen LogP contribution in [0.2, 0.25) is 0 Å². The van der Waals surface area contributed by atoms with Gasteiger partial charge in [0.25, 0.3) is 0 Å². The molecular formula is C15H16F3N3O. The number of nitrogens with zero attached hydrogens (tertiary/aromatic N) is 2. The first-order valence-corrected chi connectivity index (χ1v) is 6.73. The van der Waals surface area contributed by atoms with Crippen LogP contribution < -0.4 is 5.32 Å². The second kappa shape index (κ2) is 5.82. The van der Waals surface area contributed by atoms with Crippen LogP contribution in [0, 0.1) is 12.8 Å². The number of carbonyl (C=O) groups excluding carboxylic acids is 1. The monoisotopic (exact) mass is 311 g/mol. The predicted octanol–water partition coefficient (Wildman–Crippen LogP) is 3.79. The number of hydrogen-bond acceptors (Lipinski definition) is 2. The summed E-state index contributed by atoms with van der Waals surface area (Å²) in [7, 11) is 0. The van der Waals surface area contributed by atoms with Crippen molar-refractivity contribution in [2.45, 2.75) is 26.9 Å². The average molecular weight is 311 g/mol. The summed E-state index contributed by atoms with van der Waals surface area (Å²) in [5.41, 5.74) is 0.683. The first-order chi connectivity index (χ1) is 10.2. The Hall–Kier alpha value is -2.31. The van der Waals surface area contributed by atoms with Gasteiger partial charge in [-0.15, -0.1) is 0 Å². The van der Waals surface area contributed by atoms with Crippen LogP contribution in [-0.4, -0.2) is 15.7 Å². The molecule has 0 saturated heterocycles. The fraction of sp³-hybridized carbons (Fsp3) is 0.333. The summed E-state index contributed by atoms with van der Waals surface area (Å²) in [6.45, 7) is 5.28. The summed E-state index contributed by atoms with van der Waals surface area (Å²) < 4.78 is 39.1. The smallest absolute Gasteiger partial charge is 0.324 e. The minimum absolute atomic E-state index is 0.215. The molecule has 0 spiro atoms. The largest absolute Gasteiger partial charge is 0.435 e. The van der Waals surface area contributed by atoms with Gasteiger partial charge in [-0.25, -0.2) is 4.68 Å². The number of aryl methyl sites for hydroxylation is 1. The molecule has 1 N–H and O–H groups in total. The molecule has 2 rings (SSSR count). The second-order valence-electron chi connectivity index (χ2n) is 5.31. The fourth-order valence-electron chi connectivity index (χ4n) is 1.82. The van der Waals surface area contributed by atoms with E-state index in [9.17, 15) is 18.0 Å². The van der Waals surface area contributed by atoms with Crippen LogP contribution in [-0.2, 0) is 11.0 Å². The number of aromatic nitrogens is 2. The Morgan fingerprint density at radius 3 is 2.50 bits per heavy atom. The molecule has 1 aromatic heterocycles. The van der Waals surface area contributed by atoms with Gasteiger partial charge in [0, 0.05) is 12.1 Å². The molecule has 1 aromatic carbocycles. The van der Waals surface area contributed by atoms with Crippen LogP contribution in [0.4, 0.5) is 18.9 Å². The van der Waals surface area contributed by atoms with E-state index in [1.54, 1.807) is 32.0 Å². The van der Waals surface area contributed by atoms with Crippen LogP contribution in [0.5, 0.6) is 0 Å². The van der Waals surface area contributed by atoms with E-state index in [4.69, 9.17) is 0 Å². The number of hydrogen-bond donors (Lipinski definition) is 1. The number of alkyl halides is 3. The van der Waals surface area contributed by atoms with Gasteiger partial charge in [0.05, 0.1) is 11.4 Å². The third-order valence-corrected chi connectivity index (χ3v) is 3.06. The number of nitrogens with one attached hydrogen (secondary N) is 1. The summed E-state index contributed by atoms with van der Waals surface area (Å²) in [4.78, 5) is 11.8. The first-order valence-electron chi connectivity index (χ1n) is 6.73. The Bertz CT molecular complexity index is 690. The molecule has 1 heterocycles. The number of benzene rings is 1. The molecule has 0 aliphatic rings. The maximum atomic E-state index is 12.7. The van der Waals surface area contributed by atoms with E-state index in [0.717, 1.165) is 16.3 Å². The molecule has 1 amide bonds. The van der Waals surface area contributed by atoms with Crippen molar-refractivity contribution < 1.29 is 18.0 Å². The van der Waals surface area contributed by atoms with Crippen LogP contribution in [0.1, 0.15) is 25.1 Å². The quantitative estimate of drug-likeness (QED) is 0.937. The fourth-order valence-corrected chi connectivity index (χ4v) is 1.82. The summed E-state index contributed by atoms with van der Waals surface area (Å²) in [5.74, 6) is -0.453. The van der Waals surface area contributed by atoms with Crippen LogP contribution in [0.15, 0.2) is 30.5 Å². The van der Waals surface area contributed by atoms with Gasteiger partial charge in [-0.3, -0.25) is 4.79 Å². The van der Waals surface area contributed by atoms with E-state index in [1.165, 1.54) is 6.20 Å². The van der Waals surface area contributed by atoms with Gasteiger partial charge in [-0.05, 0) is 30.7 Å². The van der Waals surface area contributed by atoms with E-state index in [1.807, 2.05) is 6.92 Å². The highest BCUT2D eigenvalue weighted by Gasteiger charge is 2.33. The predicted molar refractivity (Wildman–Crippen MR) is 76.8 cm³/mol. The number of carbonyl (C=O) groups is 1. The molecule has 0 aliphatic heterocycles. The highest BCUT2D eigenvalue weighted by molar-refractivity contribution is 5.94. The maximum Gasteiger partial charge on any atom is 0.435 e. The van der Waals surface area contributed by atoms with Crippen molar-refractivity contribution in [3.63, 3.8) is 0 Å². The lowest BCUT2D eigenvalue weighted by atomic mass is 10.1. The van der Waals surface area contributed by atoms with Crippen molar-refractivity contribution in [3.8, 4) is 5.69 Å². The van der Waals surface area contributed by atoms with Gasteiger partial charge in [0.2, 0.25) is 5.91 Å². The van der Waals surface area contributed by atoms with Gasteiger partial charge in [-0.1, -0.05) is 19.9 Å². The maximum absolute atomic E-state index is 12.7. The zero-order valence-electron chi connectivity index (χ0n) is 12.4. The molecule has 2 aromatic rings. The molecule has 0 aliphatic carbocycles. The summed E-state index contributed by atoms with van der Waals surface area (Å²) in [6, 6.07) is 5.99. The van der Waals surface area contributed by atoms with Crippen molar-refractivity contribution in [3.05, 3.63) is 41.7 Å². The Labute approximate surface area is 125 Å². The highest BCUT2D eigenvalue weighted by atomic mass is 19.4. The van der Waals surface area contributed by atoms with E-state index in [-0.39, 0.29) is 11.8 Å². The number of amides is 1. The zero-order valence-corrected chi connectivity index (χ0v) is 12.4. The standard InChI is InChI=1S/C15H16F3N3O/c1-9(2)14(22)19-11-5-4-10(3)8-12(11)21-7-6-13(20-21)15(16,17)18/h4-9H,1-3H3,(H,19,22). The molecular weight excluding hydrogens is 295 g/mol. The minimum atomic E-state index is -4.50. The zero-order chi connectivity index (χ0) is 16.5. The molecule has 0 atom stereocenters. The van der Waals surface area contributed by atoms with Gasteiger partial charge >= 0.3 is 6.18 Å². The molecule has 118 valence electrons. The van der Waals surface area contributed by atoms with E-state index in [2.05, 4.69) is 10.4 Å². The normalized spacial score (nSPS) is 11.8. The number of halogens is 3. The van der Waals surface area contributed by atoms with Crippen LogP contribution in [0.3, 0.4) is 0 Å². The molecule has 0 bridgehead atoms. The Balaban J connectivity index is 2.43. The molecule has 7 heteroatoms. The molecule has 0 fully saturated rings. The van der Waals surface area contributed by atoms with Crippen molar-refractivity contribution in [1.29, 1.82) is 0 Å². The third-order valence-electron chi connectivity index (χ3n) is 3.06. The molecule has 4 nitrogen and oxygen atoms in total.